The molecule has 124 valence electrons. The van der Waals surface area contributed by atoms with Crippen molar-refractivity contribution in [2.24, 2.45) is 11.7 Å². The maximum Gasteiger partial charge on any atom is 0.350 e. The summed E-state index contributed by atoms with van der Waals surface area (Å²) in [6.45, 7) is 0.317. The molecular formula is C14H18FN5O3. The molecule has 0 spiro atoms. The zero-order chi connectivity index (χ0) is 17.0. The number of carbonyl (C=O) groups is 1. The summed E-state index contributed by atoms with van der Waals surface area (Å²) in [5.41, 5.74) is 2.43. The van der Waals surface area contributed by atoms with Crippen LogP contribution in [0, 0.1) is 5.82 Å². The van der Waals surface area contributed by atoms with Crippen molar-refractivity contribution in [3.63, 3.8) is 0 Å². The molecule has 2 aromatic rings. The van der Waals surface area contributed by atoms with Crippen LogP contribution in [0.15, 0.2) is 34.9 Å². The first kappa shape index (κ1) is 16.6. The van der Waals surface area contributed by atoms with Crippen LogP contribution < -0.4 is 31.8 Å². The van der Waals surface area contributed by atoms with Gasteiger partial charge in [0.2, 0.25) is 0 Å². The first-order valence-corrected chi connectivity index (χ1v) is 6.65. The highest BCUT2D eigenvalue weighted by molar-refractivity contribution is 5.95. The van der Waals surface area contributed by atoms with Crippen molar-refractivity contribution in [1.29, 1.82) is 0 Å². The van der Waals surface area contributed by atoms with Crippen molar-refractivity contribution in [2.75, 3.05) is 24.1 Å². The fraction of sp³-hybridized carbons (Fsp3) is 0.214. The zero-order valence-corrected chi connectivity index (χ0v) is 12.7. The number of ether oxygens (including phenoxy) is 1. The quantitative estimate of drug-likeness (QED) is 0.435. The molecule has 0 aliphatic rings. The predicted octanol–water partition coefficient (Wildman–Crippen LogP) is 1.33. The molecule has 0 aliphatic heterocycles. The smallest absolute Gasteiger partial charge is 0.350 e. The van der Waals surface area contributed by atoms with E-state index in [1.807, 2.05) is 5.43 Å². The molecular weight excluding hydrogens is 305 g/mol. The molecule has 1 aromatic carbocycles. The Morgan fingerprint density at radius 2 is 2.17 bits per heavy atom. The van der Waals surface area contributed by atoms with E-state index in [0.29, 0.717) is 12.3 Å². The lowest BCUT2D eigenvalue weighted by Gasteiger charge is -2.27. The second kappa shape index (κ2) is 6.99. The van der Waals surface area contributed by atoms with Crippen molar-refractivity contribution in [3.05, 3.63) is 42.1 Å². The second-order valence-electron chi connectivity index (χ2n) is 4.70. The van der Waals surface area contributed by atoms with Crippen LogP contribution in [0.2, 0.25) is 0 Å². The van der Waals surface area contributed by atoms with E-state index in [4.69, 9.17) is 20.8 Å². The number of benzene rings is 1. The number of hydrogen-bond donors (Lipinski definition) is 3. The molecule has 0 unspecified atom stereocenters. The summed E-state index contributed by atoms with van der Waals surface area (Å²) in [5, 5.41) is 0.774. The predicted molar refractivity (Wildman–Crippen MR) is 83.2 cm³/mol. The maximum atomic E-state index is 14.1. The molecule has 23 heavy (non-hydrogen) atoms. The Hall–Kier alpha value is -2.78. The molecule has 0 fully saturated rings. The number of carbonyl (C=O) groups excluding carboxylic acids is 1. The van der Waals surface area contributed by atoms with Crippen LogP contribution in [0.5, 0.6) is 5.75 Å². The van der Waals surface area contributed by atoms with Gasteiger partial charge < -0.3 is 14.1 Å². The molecule has 9 heteroatoms. The Labute approximate surface area is 132 Å². The number of amides is 2. The topological polar surface area (TPSA) is 110 Å². The number of nitrogens with one attached hydrogen (secondary N) is 1. The molecule has 0 atom stereocenters. The standard InChI is InChI=1S/C14H18FN5O3/c1-19(8-9-4-3-7-23-9)12-11(20(17)14(21)18-16)6-5-10(15)13(12)22-2/h3-7H,8,16-17H2,1-2H3,(H,18,21). The number of halogens is 1. The van der Waals surface area contributed by atoms with Gasteiger partial charge in [0.15, 0.2) is 11.6 Å². The Morgan fingerprint density at radius 3 is 2.74 bits per heavy atom. The Kier molecular flexibility index (Phi) is 5.04. The lowest BCUT2D eigenvalue weighted by Crippen LogP contribution is -2.48. The zero-order valence-electron chi connectivity index (χ0n) is 12.7. The van der Waals surface area contributed by atoms with E-state index in [1.165, 1.54) is 19.4 Å². The first-order chi connectivity index (χ1) is 11.0. The highest BCUT2D eigenvalue weighted by Crippen LogP contribution is 2.39. The Morgan fingerprint density at radius 1 is 1.43 bits per heavy atom. The van der Waals surface area contributed by atoms with Gasteiger partial charge in [-0.2, -0.15) is 0 Å². The SMILES string of the molecule is COc1c(F)ccc(N(N)C(=O)NN)c1N(C)Cc1ccco1. The Balaban J connectivity index is 2.48. The summed E-state index contributed by atoms with van der Waals surface area (Å²) in [6, 6.07) is 5.27. The minimum Gasteiger partial charge on any atom is -0.492 e. The molecule has 1 heterocycles. The Bertz CT molecular complexity index is 677. The molecule has 0 saturated heterocycles. The van der Waals surface area contributed by atoms with Crippen LogP contribution >= 0.6 is 0 Å². The van der Waals surface area contributed by atoms with Crippen molar-refractivity contribution in [2.45, 2.75) is 6.54 Å². The van der Waals surface area contributed by atoms with Gasteiger partial charge in [0.25, 0.3) is 0 Å². The highest BCUT2D eigenvalue weighted by Gasteiger charge is 2.24. The number of nitrogens with zero attached hydrogens (tertiary/aromatic N) is 2. The van der Waals surface area contributed by atoms with Gasteiger partial charge in [-0.1, -0.05) is 0 Å². The van der Waals surface area contributed by atoms with Gasteiger partial charge in [-0.3, -0.25) is 5.43 Å². The molecule has 0 bridgehead atoms. The van der Waals surface area contributed by atoms with Crippen molar-refractivity contribution >= 4 is 17.4 Å². The van der Waals surface area contributed by atoms with Gasteiger partial charge >= 0.3 is 6.03 Å². The molecule has 2 amide bonds. The fourth-order valence-corrected chi connectivity index (χ4v) is 2.19. The lowest BCUT2D eigenvalue weighted by molar-refractivity contribution is 0.246. The molecule has 5 N–H and O–H groups in total. The fourth-order valence-electron chi connectivity index (χ4n) is 2.19. The van der Waals surface area contributed by atoms with E-state index < -0.39 is 11.8 Å². The van der Waals surface area contributed by atoms with Gasteiger partial charge in [-0.25, -0.2) is 25.9 Å². The number of rotatable bonds is 5. The van der Waals surface area contributed by atoms with E-state index in [1.54, 1.807) is 24.1 Å². The summed E-state index contributed by atoms with van der Waals surface area (Å²) in [5.74, 6) is 10.9. The van der Waals surface area contributed by atoms with E-state index in [0.717, 1.165) is 11.1 Å². The average molecular weight is 323 g/mol. The summed E-state index contributed by atoms with van der Waals surface area (Å²) in [6.07, 6.45) is 1.53. The maximum absolute atomic E-state index is 14.1. The third-order valence-electron chi connectivity index (χ3n) is 3.22. The summed E-state index contributed by atoms with van der Waals surface area (Å²) >= 11 is 0. The van der Waals surface area contributed by atoms with E-state index in [9.17, 15) is 9.18 Å². The van der Waals surface area contributed by atoms with Crippen molar-refractivity contribution in [1.82, 2.24) is 5.43 Å². The number of hydrogen-bond acceptors (Lipinski definition) is 6. The van der Waals surface area contributed by atoms with Gasteiger partial charge in [-0.05, 0) is 24.3 Å². The third kappa shape index (κ3) is 3.35. The monoisotopic (exact) mass is 323 g/mol. The van der Waals surface area contributed by atoms with E-state index in [2.05, 4.69) is 0 Å². The van der Waals surface area contributed by atoms with Gasteiger partial charge in [0.05, 0.1) is 25.6 Å². The summed E-state index contributed by atoms with van der Waals surface area (Å²) < 4.78 is 24.5. The normalized spacial score (nSPS) is 10.3. The summed E-state index contributed by atoms with van der Waals surface area (Å²) in [7, 11) is 3.02. The second-order valence-corrected chi connectivity index (χ2v) is 4.70. The van der Waals surface area contributed by atoms with Crippen LogP contribution in [0.3, 0.4) is 0 Å². The number of methoxy groups -OCH3 is 1. The van der Waals surface area contributed by atoms with Crippen LogP contribution in [0.4, 0.5) is 20.6 Å². The van der Waals surface area contributed by atoms with Gasteiger partial charge in [0, 0.05) is 7.05 Å². The third-order valence-corrected chi connectivity index (χ3v) is 3.22. The highest BCUT2D eigenvalue weighted by atomic mass is 19.1. The number of anilines is 2. The first-order valence-electron chi connectivity index (χ1n) is 6.65. The molecule has 0 saturated carbocycles. The van der Waals surface area contributed by atoms with Gasteiger partial charge in [-0.15, -0.1) is 0 Å². The summed E-state index contributed by atoms with van der Waals surface area (Å²) in [4.78, 5) is 13.3. The number of furan rings is 1. The largest absolute Gasteiger partial charge is 0.492 e. The van der Waals surface area contributed by atoms with Gasteiger partial charge in [0.1, 0.15) is 11.4 Å². The van der Waals surface area contributed by atoms with Crippen LogP contribution in [-0.2, 0) is 6.54 Å². The van der Waals surface area contributed by atoms with Crippen LogP contribution in [0.25, 0.3) is 0 Å². The van der Waals surface area contributed by atoms with Crippen molar-refractivity contribution in [3.8, 4) is 5.75 Å². The molecule has 1 aromatic heterocycles. The molecule has 0 radical (unpaired) electrons. The van der Waals surface area contributed by atoms with E-state index >= 15 is 0 Å². The lowest BCUT2D eigenvalue weighted by atomic mass is 10.2. The molecule has 2 rings (SSSR count). The van der Waals surface area contributed by atoms with Crippen LogP contribution in [0.1, 0.15) is 5.76 Å². The average Bonchev–Trinajstić information content (AvgIpc) is 3.05. The van der Waals surface area contributed by atoms with Crippen molar-refractivity contribution < 1.29 is 18.3 Å². The number of hydrazine groups is 2. The van der Waals surface area contributed by atoms with Crippen LogP contribution in [-0.4, -0.2) is 20.2 Å². The minimum absolute atomic E-state index is 0.0446. The molecule has 8 nitrogen and oxygen atoms in total. The molecule has 0 aliphatic carbocycles. The minimum atomic E-state index is -0.758. The number of urea groups is 1. The number of nitrogens with two attached hydrogens (primary N) is 2. The van der Waals surface area contributed by atoms with E-state index in [-0.39, 0.29) is 17.1 Å².